The van der Waals surface area contributed by atoms with Gasteiger partial charge in [0, 0.05) is 11.3 Å². The molecule has 1 saturated heterocycles. The fourth-order valence-corrected chi connectivity index (χ4v) is 4.59. The van der Waals surface area contributed by atoms with Crippen LogP contribution in [0.5, 0.6) is 11.5 Å². The molecule has 1 heterocycles. The summed E-state index contributed by atoms with van der Waals surface area (Å²) < 4.78 is 11.3. The summed E-state index contributed by atoms with van der Waals surface area (Å²) in [6.45, 7) is 12.6. The van der Waals surface area contributed by atoms with Crippen LogP contribution in [0.3, 0.4) is 0 Å². The lowest BCUT2D eigenvalue weighted by Crippen LogP contribution is -2.29. The number of hydrogen-bond donors (Lipinski definition) is 1. The Morgan fingerprint density at radius 1 is 0.947 bits per heavy atom. The maximum absolute atomic E-state index is 13.5. The van der Waals surface area contributed by atoms with Crippen molar-refractivity contribution in [1.29, 1.82) is 0 Å². The molecule has 4 rings (SSSR count). The number of ketones is 1. The van der Waals surface area contributed by atoms with Gasteiger partial charge in [-0.2, -0.15) is 0 Å². The minimum absolute atomic E-state index is 0.00357. The van der Waals surface area contributed by atoms with Crippen LogP contribution in [0.4, 0.5) is 5.69 Å². The Bertz CT molecular complexity index is 1350. The molecule has 198 valence electrons. The maximum Gasteiger partial charge on any atom is 0.300 e. The first-order valence-electron chi connectivity index (χ1n) is 12.9. The molecule has 1 amide bonds. The molecule has 3 aromatic carbocycles. The molecule has 0 saturated carbocycles. The Balaban J connectivity index is 1.87. The van der Waals surface area contributed by atoms with Crippen LogP contribution < -0.4 is 14.4 Å². The molecule has 6 nitrogen and oxygen atoms in total. The summed E-state index contributed by atoms with van der Waals surface area (Å²) in [5.41, 5.74) is 2.77. The van der Waals surface area contributed by atoms with Gasteiger partial charge < -0.3 is 14.6 Å². The summed E-state index contributed by atoms with van der Waals surface area (Å²) in [6, 6.07) is 21.0. The number of hydrogen-bond acceptors (Lipinski definition) is 5. The summed E-state index contributed by atoms with van der Waals surface area (Å²) in [4.78, 5) is 28.4. The van der Waals surface area contributed by atoms with E-state index in [0.717, 1.165) is 11.1 Å². The molecule has 3 aromatic rings. The summed E-state index contributed by atoms with van der Waals surface area (Å²) in [6.07, 6.45) is 0.00357. The minimum atomic E-state index is -0.809. The normalized spacial score (nSPS) is 17.2. The predicted molar refractivity (Wildman–Crippen MR) is 150 cm³/mol. The van der Waals surface area contributed by atoms with Crippen LogP contribution >= 0.6 is 0 Å². The molecule has 6 heteroatoms. The van der Waals surface area contributed by atoms with Gasteiger partial charge in [-0.05, 0) is 73.7 Å². The Hall–Kier alpha value is -4.06. The average molecular weight is 514 g/mol. The van der Waals surface area contributed by atoms with Crippen molar-refractivity contribution in [2.75, 3.05) is 11.5 Å². The number of carbonyl (C=O) groups excluding carboxylic acids is 2. The van der Waals surface area contributed by atoms with Gasteiger partial charge in [0.15, 0.2) is 0 Å². The lowest BCUT2D eigenvalue weighted by molar-refractivity contribution is -0.132. The van der Waals surface area contributed by atoms with Gasteiger partial charge in [0.25, 0.3) is 11.7 Å². The Morgan fingerprint density at radius 2 is 1.61 bits per heavy atom. The summed E-state index contributed by atoms with van der Waals surface area (Å²) in [5.74, 6) is -0.444. The number of amides is 1. The third-order valence-corrected chi connectivity index (χ3v) is 6.44. The topological polar surface area (TPSA) is 76.1 Å². The monoisotopic (exact) mass is 513 g/mol. The van der Waals surface area contributed by atoms with Crippen LogP contribution in [0.1, 0.15) is 64.3 Å². The molecular formula is C32H35NO5. The van der Waals surface area contributed by atoms with Crippen LogP contribution in [0.15, 0.2) is 78.4 Å². The van der Waals surface area contributed by atoms with Crippen LogP contribution in [0.2, 0.25) is 0 Å². The third-order valence-electron chi connectivity index (χ3n) is 6.44. The first-order chi connectivity index (χ1) is 18.0. The molecular weight excluding hydrogens is 478 g/mol. The number of anilines is 1. The van der Waals surface area contributed by atoms with Gasteiger partial charge in [0.1, 0.15) is 17.3 Å². The third kappa shape index (κ3) is 5.44. The van der Waals surface area contributed by atoms with Gasteiger partial charge >= 0.3 is 0 Å². The maximum atomic E-state index is 13.5. The lowest BCUT2D eigenvalue weighted by atomic mass is 9.85. The summed E-state index contributed by atoms with van der Waals surface area (Å²) >= 11 is 0. The molecule has 0 radical (unpaired) electrons. The number of rotatable bonds is 7. The highest BCUT2D eigenvalue weighted by Crippen LogP contribution is 2.43. The smallest absolute Gasteiger partial charge is 0.300 e. The van der Waals surface area contributed by atoms with E-state index in [4.69, 9.17) is 9.47 Å². The molecule has 0 aromatic heterocycles. The molecule has 1 aliphatic heterocycles. The van der Waals surface area contributed by atoms with E-state index < -0.39 is 17.7 Å². The molecule has 1 aliphatic rings. The van der Waals surface area contributed by atoms with E-state index in [1.165, 1.54) is 4.90 Å². The van der Waals surface area contributed by atoms with Crippen molar-refractivity contribution in [3.63, 3.8) is 0 Å². The van der Waals surface area contributed by atoms with Gasteiger partial charge in [-0.3, -0.25) is 14.5 Å². The van der Waals surface area contributed by atoms with E-state index in [1.807, 2.05) is 45.0 Å². The van der Waals surface area contributed by atoms with Gasteiger partial charge in [-0.1, -0.05) is 57.2 Å². The predicted octanol–water partition coefficient (Wildman–Crippen LogP) is 6.80. The second kappa shape index (κ2) is 10.7. The zero-order valence-corrected chi connectivity index (χ0v) is 22.8. The first-order valence-corrected chi connectivity index (χ1v) is 12.9. The summed E-state index contributed by atoms with van der Waals surface area (Å²) in [7, 11) is 0. The lowest BCUT2D eigenvalue weighted by Gasteiger charge is -2.27. The number of aliphatic hydroxyl groups excluding tert-OH is 1. The Kier molecular flexibility index (Phi) is 7.63. The number of benzene rings is 3. The number of ether oxygens (including phenoxy) is 2. The van der Waals surface area contributed by atoms with Crippen LogP contribution in [0, 0.1) is 0 Å². The largest absolute Gasteiger partial charge is 0.507 e. The highest BCUT2D eigenvalue weighted by Gasteiger charge is 2.47. The van der Waals surface area contributed by atoms with Gasteiger partial charge in [0.2, 0.25) is 0 Å². The van der Waals surface area contributed by atoms with E-state index in [0.29, 0.717) is 29.4 Å². The molecule has 0 bridgehead atoms. The number of carbonyl (C=O) groups is 2. The Morgan fingerprint density at radius 3 is 2.18 bits per heavy atom. The minimum Gasteiger partial charge on any atom is -0.507 e. The van der Waals surface area contributed by atoms with Crippen molar-refractivity contribution in [3.05, 3.63) is 95.1 Å². The Labute approximate surface area is 224 Å². The molecule has 0 spiro atoms. The molecule has 1 N–H and O–H groups in total. The van der Waals surface area contributed by atoms with Gasteiger partial charge in [-0.15, -0.1) is 0 Å². The highest BCUT2D eigenvalue weighted by molar-refractivity contribution is 6.51. The van der Waals surface area contributed by atoms with Crippen molar-refractivity contribution in [2.24, 2.45) is 0 Å². The molecule has 1 atom stereocenters. The SMILES string of the molecule is CCOc1cccc(/C(O)=C2/C(=O)C(=O)N(c3ccc(OC(C)C)cc3)C2c2ccc(C(C)(C)C)cc2)c1. The van der Waals surface area contributed by atoms with Crippen molar-refractivity contribution in [3.8, 4) is 11.5 Å². The first kappa shape index (κ1) is 27.0. The number of Topliss-reactive ketones (excluding diaryl/α,β-unsaturated/α-hetero) is 1. The van der Waals surface area contributed by atoms with E-state index in [2.05, 4.69) is 20.8 Å². The van der Waals surface area contributed by atoms with Gasteiger partial charge in [0.05, 0.1) is 24.3 Å². The molecule has 0 aliphatic carbocycles. The molecule has 1 fully saturated rings. The van der Waals surface area contributed by atoms with Crippen LogP contribution in [-0.4, -0.2) is 29.5 Å². The van der Waals surface area contributed by atoms with Crippen molar-refractivity contribution in [1.82, 2.24) is 0 Å². The van der Waals surface area contributed by atoms with E-state index >= 15 is 0 Å². The van der Waals surface area contributed by atoms with E-state index in [-0.39, 0.29) is 22.9 Å². The standard InChI is InChI=1S/C32H35NO5/c1-7-37-26-10-8-9-22(19-26)29(34)27-28(21-11-13-23(14-12-21)32(4,5)6)33(31(36)30(27)35)24-15-17-25(18-16-24)38-20(2)3/h8-20,28,34H,7H2,1-6H3/b29-27-. The zero-order chi connectivity index (χ0) is 27.6. The fraction of sp³-hybridized carbons (Fsp3) is 0.312. The number of nitrogens with zero attached hydrogens (tertiary/aromatic N) is 1. The van der Waals surface area contributed by atoms with Crippen molar-refractivity contribution in [2.45, 2.75) is 59.1 Å². The molecule has 38 heavy (non-hydrogen) atoms. The van der Waals surface area contributed by atoms with Gasteiger partial charge in [-0.25, -0.2) is 0 Å². The molecule has 1 unspecified atom stereocenters. The van der Waals surface area contributed by atoms with E-state index in [1.54, 1.807) is 48.5 Å². The van der Waals surface area contributed by atoms with E-state index in [9.17, 15) is 14.7 Å². The zero-order valence-electron chi connectivity index (χ0n) is 22.8. The van der Waals surface area contributed by atoms with Crippen LogP contribution in [-0.2, 0) is 15.0 Å². The van der Waals surface area contributed by atoms with Crippen molar-refractivity contribution < 1.29 is 24.2 Å². The second-order valence-corrected chi connectivity index (χ2v) is 10.7. The van der Waals surface area contributed by atoms with Crippen molar-refractivity contribution >= 4 is 23.1 Å². The average Bonchev–Trinajstić information content (AvgIpc) is 3.14. The fourth-order valence-electron chi connectivity index (χ4n) is 4.59. The van der Waals surface area contributed by atoms with Crippen LogP contribution in [0.25, 0.3) is 5.76 Å². The summed E-state index contributed by atoms with van der Waals surface area (Å²) in [5, 5.41) is 11.4. The second-order valence-electron chi connectivity index (χ2n) is 10.7. The quantitative estimate of drug-likeness (QED) is 0.214. The highest BCUT2D eigenvalue weighted by atomic mass is 16.5. The number of aliphatic hydroxyl groups is 1.